The number of nitrogens with one attached hydrogen (secondary N) is 1. The van der Waals surface area contributed by atoms with Crippen molar-refractivity contribution >= 4 is 74.4 Å². The number of nitrogens with zero attached hydrogens (tertiary/aromatic N) is 3. The molecule has 0 fully saturated rings. The fourth-order valence-electron chi connectivity index (χ4n) is 2.30. The van der Waals surface area contributed by atoms with Gasteiger partial charge in [-0.3, -0.25) is 4.79 Å². The summed E-state index contributed by atoms with van der Waals surface area (Å²) in [5.41, 5.74) is 3.07. The second-order valence-electron chi connectivity index (χ2n) is 6.13. The van der Waals surface area contributed by atoms with Gasteiger partial charge in [0.1, 0.15) is 24.0 Å². The Bertz CT molecular complexity index is 1070. The van der Waals surface area contributed by atoms with Crippen molar-refractivity contribution in [1.29, 1.82) is 0 Å². The summed E-state index contributed by atoms with van der Waals surface area (Å²) in [4.78, 5) is 11.9. The highest BCUT2D eigenvalue weighted by molar-refractivity contribution is 9.10. The molecule has 2 aromatic carbocycles. The molecule has 0 aliphatic rings. The van der Waals surface area contributed by atoms with Crippen LogP contribution in [0.15, 0.2) is 50.3 Å². The standard InChI is InChI=1S/C20H17BrCl2N4O3S2/c1-12-25-27-20(32-12)31-11-18(28)26-24-10-13-8-16(22)19(17(23)9-13)30-7-6-29-15-4-2-14(21)3-5-15/h2-5,8-10H,6-7,11H2,1H3,(H,26,28)/b24-10+. The Morgan fingerprint density at radius 2 is 1.88 bits per heavy atom. The fraction of sp³-hybridized carbons (Fsp3) is 0.200. The van der Waals surface area contributed by atoms with Gasteiger partial charge in [0.25, 0.3) is 5.91 Å². The van der Waals surface area contributed by atoms with Gasteiger partial charge in [-0.05, 0) is 48.9 Å². The number of thioether (sulfide) groups is 1. The SMILES string of the molecule is Cc1nnc(SCC(=O)N/N=C/c2cc(Cl)c(OCCOc3ccc(Br)cc3)c(Cl)c2)s1. The van der Waals surface area contributed by atoms with Crippen LogP contribution in [0.2, 0.25) is 10.0 Å². The molecule has 0 bridgehead atoms. The molecule has 7 nitrogen and oxygen atoms in total. The number of carbonyl (C=O) groups excluding carboxylic acids is 1. The number of hydrogen-bond donors (Lipinski definition) is 1. The first-order valence-electron chi connectivity index (χ1n) is 9.16. The summed E-state index contributed by atoms with van der Waals surface area (Å²) in [6.45, 7) is 2.46. The molecule has 12 heteroatoms. The van der Waals surface area contributed by atoms with Gasteiger partial charge in [0.05, 0.1) is 22.0 Å². The number of rotatable bonds is 10. The van der Waals surface area contributed by atoms with Gasteiger partial charge >= 0.3 is 0 Å². The summed E-state index contributed by atoms with van der Waals surface area (Å²) >= 11 is 18.7. The third-order valence-corrected chi connectivity index (χ3v) is 6.73. The number of hydrogen-bond acceptors (Lipinski definition) is 8. The third-order valence-electron chi connectivity index (χ3n) is 3.67. The monoisotopic (exact) mass is 574 g/mol. The number of carbonyl (C=O) groups is 1. The first-order chi connectivity index (χ1) is 15.4. The van der Waals surface area contributed by atoms with Crippen LogP contribution in [0.3, 0.4) is 0 Å². The number of aryl methyl sites for hydroxylation is 1. The molecule has 1 N–H and O–H groups in total. The maximum Gasteiger partial charge on any atom is 0.250 e. The van der Waals surface area contributed by atoms with Gasteiger partial charge in [-0.1, -0.05) is 62.2 Å². The normalized spacial score (nSPS) is 11.0. The van der Waals surface area contributed by atoms with Gasteiger partial charge in [-0.25, -0.2) is 5.43 Å². The number of aromatic nitrogens is 2. The summed E-state index contributed by atoms with van der Waals surface area (Å²) in [5.74, 6) is 1.02. The first-order valence-corrected chi connectivity index (χ1v) is 12.5. The van der Waals surface area contributed by atoms with Crippen molar-refractivity contribution in [2.75, 3.05) is 19.0 Å². The average Bonchev–Trinajstić information content (AvgIpc) is 3.17. The van der Waals surface area contributed by atoms with E-state index in [9.17, 15) is 4.79 Å². The second-order valence-corrected chi connectivity index (χ2v) is 10.3. The third kappa shape index (κ3) is 7.93. The van der Waals surface area contributed by atoms with Crippen molar-refractivity contribution in [2.24, 2.45) is 5.10 Å². The lowest BCUT2D eigenvalue weighted by molar-refractivity contribution is -0.118. The topological polar surface area (TPSA) is 85.7 Å². The maximum absolute atomic E-state index is 11.9. The van der Waals surface area contributed by atoms with E-state index in [4.69, 9.17) is 32.7 Å². The summed E-state index contributed by atoms with van der Waals surface area (Å²) in [6.07, 6.45) is 1.45. The Kier molecular flexibility index (Phi) is 9.61. The molecule has 0 aliphatic heterocycles. The Balaban J connectivity index is 1.45. The summed E-state index contributed by atoms with van der Waals surface area (Å²) in [6, 6.07) is 10.8. The zero-order chi connectivity index (χ0) is 22.9. The van der Waals surface area contributed by atoms with Gasteiger partial charge in [-0.15, -0.1) is 10.2 Å². The van der Waals surface area contributed by atoms with Crippen molar-refractivity contribution in [3.63, 3.8) is 0 Å². The minimum atomic E-state index is -0.262. The van der Waals surface area contributed by atoms with Crippen molar-refractivity contribution in [1.82, 2.24) is 15.6 Å². The summed E-state index contributed by atoms with van der Waals surface area (Å²) < 4.78 is 13.0. The second kappa shape index (κ2) is 12.4. The minimum Gasteiger partial charge on any atom is -0.490 e. The molecule has 3 rings (SSSR count). The van der Waals surface area contributed by atoms with Gasteiger partial charge < -0.3 is 9.47 Å². The molecule has 0 atom stereocenters. The van der Waals surface area contributed by atoms with Crippen molar-refractivity contribution < 1.29 is 14.3 Å². The van der Waals surface area contributed by atoms with Gasteiger partial charge in [-0.2, -0.15) is 5.10 Å². The number of hydrazone groups is 1. The van der Waals surface area contributed by atoms with Crippen LogP contribution >= 0.6 is 62.2 Å². The molecule has 1 heterocycles. The molecular weight excluding hydrogens is 559 g/mol. The predicted molar refractivity (Wildman–Crippen MR) is 133 cm³/mol. The van der Waals surface area contributed by atoms with Crippen LogP contribution in [-0.2, 0) is 4.79 Å². The molecule has 0 radical (unpaired) electrons. The maximum atomic E-state index is 11.9. The molecule has 3 aromatic rings. The quantitative estimate of drug-likeness (QED) is 0.146. The molecule has 32 heavy (non-hydrogen) atoms. The van der Waals surface area contributed by atoms with Crippen LogP contribution in [0.25, 0.3) is 0 Å². The Hall–Kier alpha value is -1.85. The fourth-order valence-corrected chi connectivity index (χ4v) is 4.79. The van der Waals surface area contributed by atoms with Gasteiger partial charge in [0, 0.05) is 4.47 Å². The van der Waals surface area contributed by atoms with Gasteiger partial charge in [0.2, 0.25) is 0 Å². The van der Waals surface area contributed by atoms with E-state index in [-0.39, 0.29) is 18.3 Å². The Morgan fingerprint density at radius 3 is 2.53 bits per heavy atom. The smallest absolute Gasteiger partial charge is 0.250 e. The van der Waals surface area contributed by atoms with Crippen molar-refractivity contribution in [3.8, 4) is 11.5 Å². The van der Waals surface area contributed by atoms with E-state index in [0.29, 0.717) is 28.0 Å². The van der Waals surface area contributed by atoms with Crippen molar-refractivity contribution in [2.45, 2.75) is 11.3 Å². The molecule has 168 valence electrons. The molecule has 0 spiro atoms. The van der Waals surface area contributed by atoms with Crippen LogP contribution in [0.5, 0.6) is 11.5 Å². The first kappa shape index (κ1) is 24.8. The zero-order valence-corrected chi connectivity index (χ0v) is 21.4. The largest absolute Gasteiger partial charge is 0.490 e. The van der Waals surface area contributed by atoms with Crippen LogP contribution in [0, 0.1) is 6.92 Å². The van der Waals surface area contributed by atoms with E-state index in [0.717, 1.165) is 19.6 Å². The summed E-state index contributed by atoms with van der Waals surface area (Å²) in [7, 11) is 0. The van der Waals surface area contributed by atoms with Crippen LogP contribution in [-0.4, -0.2) is 41.3 Å². The molecule has 0 unspecified atom stereocenters. The van der Waals surface area contributed by atoms with E-state index >= 15 is 0 Å². The lowest BCUT2D eigenvalue weighted by atomic mass is 10.2. The van der Waals surface area contributed by atoms with E-state index < -0.39 is 0 Å². The Morgan fingerprint density at radius 1 is 1.19 bits per heavy atom. The van der Waals surface area contributed by atoms with Crippen molar-refractivity contribution in [3.05, 3.63) is 61.5 Å². The highest BCUT2D eigenvalue weighted by atomic mass is 79.9. The van der Waals surface area contributed by atoms with E-state index in [2.05, 4.69) is 36.7 Å². The predicted octanol–water partition coefficient (Wildman–Crippen LogP) is 5.62. The highest BCUT2D eigenvalue weighted by Crippen LogP contribution is 2.33. The van der Waals surface area contributed by atoms with E-state index in [1.807, 2.05) is 31.2 Å². The highest BCUT2D eigenvalue weighted by Gasteiger charge is 2.10. The van der Waals surface area contributed by atoms with Crippen LogP contribution in [0.1, 0.15) is 10.6 Å². The van der Waals surface area contributed by atoms with E-state index in [1.165, 1.54) is 29.3 Å². The average molecular weight is 576 g/mol. The van der Waals surface area contributed by atoms with Crippen LogP contribution in [0.4, 0.5) is 0 Å². The number of halogens is 3. The number of amides is 1. The minimum absolute atomic E-state index is 0.183. The molecular formula is C20H17BrCl2N4O3S2. The molecule has 0 saturated heterocycles. The van der Waals surface area contributed by atoms with Gasteiger partial charge in [0.15, 0.2) is 10.1 Å². The lowest BCUT2D eigenvalue weighted by Gasteiger charge is -2.11. The molecule has 1 amide bonds. The zero-order valence-electron chi connectivity index (χ0n) is 16.7. The number of ether oxygens (including phenoxy) is 2. The molecule has 1 aromatic heterocycles. The van der Waals surface area contributed by atoms with Crippen LogP contribution < -0.4 is 14.9 Å². The molecule has 0 saturated carbocycles. The van der Waals surface area contributed by atoms with E-state index in [1.54, 1.807) is 12.1 Å². The summed E-state index contributed by atoms with van der Waals surface area (Å²) in [5, 5.41) is 13.3. The Labute approximate surface area is 211 Å². The lowest BCUT2D eigenvalue weighted by Crippen LogP contribution is -2.19. The molecule has 0 aliphatic carbocycles. The number of benzene rings is 2.